The van der Waals surface area contributed by atoms with E-state index in [4.69, 9.17) is 16.7 Å². The molecule has 0 bridgehead atoms. The summed E-state index contributed by atoms with van der Waals surface area (Å²) in [7, 11) is 0. The number of aliphatic hydroxyl groups excluding tert-OH is 1. The van der Waals surface area contributed by atoms with Crippen LogP contribution in [0.15, 0.2) is 12.3 Å². The molecule has 2 heterocycles. The molecule has 5 nitrogen and oxygen atoms in total. The molecule has 0 atom stereocenters. The third-order valence-electron chi connectivity index (χ3n) is 3.42. The number of alkyl halides is 3. The van der Waals surface area contributed by atoms with E-state index in [-0.39, 0.29) is 35.2 Å². The second-order valence-corrected chi connectivity index (χ2v) is 5.33. The summed E-state index contributed by atoms with van der Waals surface area (Å²) >= 11 is 5.88. The summed E-state index contributed by atoms with van der Waals surface area (Å²) in [6, 6.07) is 0.781. The minimum atomic E-state index is -4.59. The molecule has 0 aliphatic carbocycles. The number of aromatic nitrogens is 2. The second-order valence-electron chi connectivity index (χ2n) is 4.92. The summed E-state index contributed by atoms with van der Waals surface area (Å²) in [5.41, 5.74) is -0.608. The smallest absolute Gasteiger partial charge is 0.395 e. The van der Waals surface area contributed by atoms with Crippen LogP contribution in [-0.2, 0) is 6.18 Å². The van der Waals surface area contributed by atoms with E-state index < -0.39 is 17.6 Å². The Labute approximate surface area is 135 Å². The Kier molecular flexibility index (Phi) is 4.86. The molecular formula is C14H15ClF3N3O2. The van der Waals surface area contributed by atoms with Crippen LogP contribution in [0.4, 0.5) is 13.2 Å². The number of halogens is 4. The highest BCUT2D eigenvalue weighted by atomic mass is 35.5. The number of pyridine rings is 1. The summed E-state index contributed by atoms with van der Waals surface area (Å²) in [5, 5.41) is 8.82. The Hall–Kier alpha value is -1.80. The summed E-state index contributed by atoms with van der Waals surface area (Å²) in [4.78, 5) is 18.0. The van der Waals surface area contributed by atoms with Crippen molar-refractivity contribution in [2.75, 3.05) is 19.7 Å². The van der Waals surface area contributed by atoms with Crippen molar-refractivity contribution in [1.29, 1.82) is 0 Å². The predicted octanol–water partition coefficient (Wildman–Crippen LogP) is 2.77. The van der Waals surface area contributed by atoms with Gasteiger partial charge in [-0.2, -0.15) is 13.2 Å². The normalized spacial score (nSPS) is 12.0. The molecule has 0 saturated heterocycles. The van der Waals surface area contributed by atoms with Crippen molar-refractivity contribution in [2.45, 2.75) is 20.0 Å². The van der Waals surface area contributed by atoms with Gasteiger partial charge in [0.1, 0.15) is 5.69 Å². The summed E-state index contributed by atoms with van der Waals surface area (Å²) in [6.07, 6.45) is -3.78. The number of carbonyl (C=O) groups excluding carboxylic acids is 1. The lowest BCUT2D eigenvalue weighted by Crippen LogP contribution is -2.34. The number of hydrogen-bond acceptors (Lipinski definition) is 3. The van der Waals surface area contributed by atoms with Crippen molar-refractivity contribution in [3.8, 4) is 0 Å². The third kappa shape index (κ3) is 3.28. The van der Waals surface area contributed by atoms with Crippen LogP contribution in [0.2, 0.25) is 5.02 Å². The number of aliphatic hydroxyl groups is 1. The molecular weight excluding hydrogens is 335 g/mol. The van der Waals surface area contributed by atoms with Gasteiger partial charge in [-0.1, -0.05) is 11.6 Å². The van der Waals surface area contributed by atoms with E-state index in [0.29, 0.717) is 6.54 Å². The number of imidazole rings is 1. The maximum absolute atomic E-state index is 13.0. The largest absolute Gasteiger partial charge is 0.417 e. The molecule has 2 rings (SSSR count). The van der Waals surface area contributed by atoms with Crippen LogP contribution in [0.1, 0.15) is 28.7 Å². The van der Waals surface area contributed by atoms with E-state index in [0.717, 1.165) is 16.7 Å². The van der Waals surface area contributed by atoms with Crippen LogP contribution in [0, 0.1) is 6.92 Å². The zero-order chi connectivity index (χ0) is 17.4. The van der Waals surface area contributed by atoms with Gasteiger partial charge in [0.2, 0.25) is 0 Å². The van der Waals surface area contributed by atoms with Gasteiger partial charge in [0.25, 0.3) is 5.91 Å². The highest BCUT2D eigenvalue weighted by Crippen LogP contribution is 2.33. The molecule has 9 heteroatoms. The zero-order valence-electron chi connectivity index (χ0n) is 12.5. The van der Waals surface area contributed by atoms with Crippen LogP contribution < -0.4 is 0 Å². The van der Waals surface area contributed by atoms with E-state index in [1.165, 1.54) is 11.8 Å². The van der Waals surface area contributed by atoms with Crippen LogP contribution in [0.5, 0.6) is 0 Å². The molecule has 0 aliphatic rings. The molecule has 0 radical (unpaired) electrons. The van der Waals surface area contributed by atoms with E-state index in [2.05, 4.69) is 4.98 Å². The number of aryl methyl sites for hydroxylation is 1. The third-order valence-corrected chi connectivity index (χ3v) is 3.70. The molecule has 1 amide bonds. The fourth-order valence-corrected chi connectivity index (χ4v) is 2.55. The highest BCUT2D eigenvalue weighted by Gasteiger charge is 2.33. The first-order valence-corrected chi connectivity index (χ1v) is 7.24. The van der Waals surface area contributed by atoms with Crippen LogP contribution in [0.25, 0.3) is 5.65 Å². The quantitative estimate of drug-likeness (QED) is 0.923. The minimum Gasteiger partial charge on any atom is -0.395 e. The summed E-state index contributed by atoms with van der Waals surface area (Å²) in [5.74, 6) is -0.512. The van der Waals surface area contributed by atoms with Crippen molar-refractivity contribution in [3.63, 3.8) is 0 Å². The first-order chi connectivity index (χ1) is 10.7. The fraction of sp³-hybridized carbons (Fsp3) is 0.429. The average Bonchev–Trinajstić information content (AvgIpc) is 2.80. The molecule has 126 valence electrons. The number of amides is 1. The summed E-state index contributed by atoms with van der Waals surface area (Å²) < 4.78 is 39.9. The van der Waals surface area contributed by atoms with Crippen LogP contribution in [-0.4, -0.2) is 45.0 Å². The highest BCUT2D eigenvalue weighted by molar-refractivity contribution is 6.33. The number of rotatable bonds is 4. The number of likely N-dealkylation sites (N-methyl/N-ethyl adjacent to an activating group) is 1. The standard InChI is InChI=1S/C14H15ClF3N3O2/c1-3-20(4-5-22)13(23)11-8(2)19-12-10(15)6-9(7-21(11)12)14(16,17)18/h6-7,22H,3-5H2,1-2H3. The maximum atomic E-state index is 13.0. The second kappa shape index (κ2) is 6.37. The van der Waals surface area contributed by atoms with Crippen LogP contribution in [0.3, 0.4) is 0 Å². The molecule has 0 unspecified atom stereocenters. The molecule has 1 N–H and O–H groups in total. The lowest BCUT2D eigenvalue weighted by molar-refractivity contribution is -0.137. The molecule has 0 saturated carbocycles. The first-order valence-electron chi connectivity index (χ1n) is 6.86. The lowest BCUT2D eigenvalue weighted by Gasteiger charge is -2.20. The van der Waals surface area contributed by atoms with Crippen molar-refractivity contribution in [1.82, 2.24) is 14.3 Å². The molecule has 2 aromatic heterocycles. The molecule has 0 spiro atoms. The van der Waals surface area contributed by atoms with E-state index >= 15 is 0 Å². The number of carbonyl (C=O) groups is 1. The Balaban J connectivity index is 2.66. The van der Waals surface area contributed by atoms with Crippen molar-refractivity contribution < 1.29 is 23.1 Å². The molecule has 0 fully saturated rings. The first kappa shape index (κ1) is 17.6. The van der Waals surface area contributed by atoms with Gasteiger partial charge in [-0.05, 0) is 19.9 Å². The number of nitrogens with zero attached hydrogens (tertiary/aromatic N) is 3. The SMILES string of the molecule is CCN(CCO)C(=O)c1c(C)nc2c(Cl)cc(C(F)(F)F)cn12. The lowest BCUT2D eigenvalue weighted by atomic mass is 10.2. The predicted molar refractivity (Wildman–Crippen MR) is 78.6 cm³/mol. The molecule has 0 aromatic carbocycles. The monoisotopic (exact) mass is 349 g/mol. The van der Waals surface area contributed by atoms with E-state index in [1.54, 1.807) is 6.92 Å². The van der Waals surface area contributed by atoms with Gasteiger partial charge in [-0.25, -0.2) is 4.98 Å². The fourth-order valence-electron chi connectivity index (χ4n) is 2.30. The van der Waals surface area contributed by atoms with Crippen molar-refractivity contribution in [2.24, 2.45) is 0 Å². The van der Waals surface area contributed by atoms with Gasteiger partial charge < -0.3 is 10.0 Å². The molecule has 2 aromatic rings. The molecule has 0 aliphatic heterocycles. The van der Waals surface area contributed by atoms with Gasteiger partial charge >= 0.3 is 6.18 Å². The summed E-state index contributed by atoms with van der Waals surface area (Å²) in [6.45, 7) is 3.37. The van der Waals surface area contributed by atoms with Crippen LogP contribution >= 0.6 is 11.6 Å². The number of hydrogen-bond donors (Lipinski definition) is 1. The van der Waals surface area contributed by atoms with E-state index in [9.17, 15) is 18.0 Å². The minimum absolute atomic E-state index is 0.00306. The van der Waals surface area contributed by atoms with Crippen molar-refractivity contribution in [3.05, 3.63) is 34.2 Å². The van der Waals surface area contributed by atoms with Gasteiger partial charge in [0.15, 0.2) is 5.65 Å². The molecule has 23 heavy (non-hydrogen) atoms. The van der Waals surface area contributed by atoms with Crippen molar-refractivity contribution >= 4 is 23.2 Å². The maximum Gasteiger partial charge on any atom is 0.417 e. The Morgan fingerprint density at radius 2 is 2.13 bits per heavy atom. The van der Waals surface area contributed by atoms with Gasteiger partial charge in [0.05, 0.1) is 22.9 Å². The Bertz CT molecular complexity index is 743. The van der Waals surface area contributed by atoms with E-state index in [1.807, 2.05) is 0 Å². The van der Waals surface area contributed by atoms with Gasteiger partial charge in [-0.3, -0.25) is 9.20 Å². The topological polar surface area (TPSA) is 57.8 Å². The Morgan fingerprint density at radius 3 is 2.65 bits per heavy atom. The van der Waals surface area contributed by atoms with Gasteiger partial charge in [0, 0.05) is 19.3 Å². The zero-order valence-corrected chi connectivity index (χ0v) is 13.2. The Morgan fingerprint density at radius 1 is 1.48 bits per heavy atom. The number of fused-ring (bicyclic) bond motifs is 1. The average molecular weight is 350 g/mol. The van der Waals surface area contributed by atoms with Gasteiger partial charge in [-0.15, -0.1) is 0 Å².